The minimum atomic E-state index is 0.207. The Labute approximate surface area is 177 Å². The smallest absolute Gasteiger partial charge is 0.223 e. The number of rotatable bonds is 6. The normalized spacial score (nSPS) is 13.9. The minimum absolute atomic E-state index is 0.207. The lowest BCUT2D eigenvalue weighted by Gasteiger charge is -2.35. The van der Waals surface area contributed by atoms with Gasteiger partial charge in [0.2, 0.25) is 5.91 Å². The lowest BCUT2D eigenvalue weighted by atomic mass is 10.1. The van der Waals surface area contributed by atoms with Crippen molar-refractivity contribution >= 4 is 11.7 Å². The van der Waals surface area contributed by atoms with Crippen molar-refractivity contribution in [2.24, 2.45) is 0 Å². The zero-order valence-corrected chi connectivity index (χ0v) is 17.2. The van der Waals surface area contributed by atoms with Crippen molar-refractivity contribution in [3.8, 4) is 17.1 Å². The van der Waals surface area contributed by atoms with Gasteiger partial charge in [0.15, 0.2) is 5.82 Å². The van der Waals surface area contributed by atoms with Gasteiger partial charge in [0.25, 0.3) is 0 Å². The van der Waals surface area contributed by atoms with Gasteiger partial charge in [-0.2, -0.15) is 0 Å². The number of methoxy groups -OCH3 is 1. The largest absolute Gasteiger partial charge is 0.497 e. The summed E-state index contributed by atoms with van der Waals surface area (Å²) in [7, 11) is 1.65. The second-order valence-corrected chi connectivity index (χ2v) is 7.32. The van der Waals surface area contributed by atoms with E-state index >= 15 is 0 Å². The van der Waals surface area contributed by atoms with Crippen molar-refractivity contribution in [2.75, 3.05) is 38.2 Å². The van der Waals surface area contributed by atoms with Crippen LogP contribution in [0.5, 0.6) is 5.75 Å². The van der Waals surface area contributed by atoms with Gasteiger partial charge in [0.05, 0.1) is 7.11 Å². The van der Waals surface area contributed by atoms with E-state index < -0.39 is 0 Å². The van der Waals surface area contributed by atoms with Crippen LogP contribution in [0.15, 0.2) is 66.9 Å². The van der Waals surface area contributed by atoms with Crippen LogP contribution in [-0.2, 0) is 11.2 Å². The van der Waals surface area contributed by atoms with Crippen molar-refractivity contribution in [2.45, 2.75) is 12.8 Å². The molecule has 1 amide bonds. The Morgan fingerprint density at radius 3 is 2.40 bits per heavy atom. The van der Waals surface area contributed by atoms with Gasteiger partial charge in [-0.05, 0) is 30.2 Å². The molecule has 0 saturated carbocycles. The first-order chi connectivity index (χ1) is 14.7. The predicted octanol–water partition coefficient (Wildman–Crippen LogP) is 3.43. The number of aromatic nitrogens is 2. The van der Waals surface area contributed by atoms with Gasteiger partial charge in [-0.3, -0.25) is 4.79 Å². The molecule has 1 fully saturated rings. The lowest BCUT2D eigenvalue weighted by Crippen LogP contribution is -2.49. The van der Waals surface area contributed by atoms with Crippen molar-refractivity contribution in [1.29, 1.82) is 0 Å². The standard InChI is InChI=1S/C24H26N4O2/c1-30-21-10-7-19(8-11-21)9-12-23(29)28-17-15-27(16-18-28)22-13-14-25-24(26-22)20-5-3-2-4-6-20/h2-8,10-11,13-14H,9,12,15-18H2,1H3. The van der Waals surface area contributed by atoms with E-state index in [1.54, 1.807) is 13.3 Å². The first kappa shape index (κ1) is 19.9. The molecule has 0 atom stereocenters. The van der Waals surface area contributed by atoms with E-state index in [1.807, 2.05) is 65.6 Å². The van der Waals surface area contributed by atoms with Crippen LogP contribution >= 0.6 is 0 Å². The highest BCUT2D eigenvalue weighted by atomic mass is 16.5. The third kappa shape index (κ3) is 4.76. The van der Waals surface area contributed by atoms with E-state index in [9.17, 15) is 4.79 Å². The summed E-state index contributed by atoms with van der Waals surface area (Å²) in [6.07, 6.45) is 3.07. The average Bonchev–Trinajstić information content (AvgIpc) is 2.83. The monoisotopic (exact) mass is 402 g/mol. The molecule has 0 bridgehead atoms. The second-order valence-electron chi connectivity index (χ2n) is 7.32. The number of anilines is 1. The maximum atomic E-state index is 12.6. The third-order valence-electron chi connectivity index (χ3n) is 5.42. The molecule has 2 heterocycles. The van der Waals surface area contributed by atoms with E-state index in [0.717, 1.165) is 48.0 Å². The SMILES string of the molecule is COc1ccc(CCC(=O)N2CCN(c3ccnc(-c4ccccc4)n3)CC2)cc1. The third-order valence-corrected chi connectivity index (χ3v) is 5.42. The quantitative estimate of drug-likeness (QED) is 0.632. The topological polar surface area (TPSA) is 58.6 Å². The Bertz CT molecular complexity index is 968. The van der Waals surface area contributed by atoms with Gasteiger partial charge in [-0.15, -0.1) is 0 Å². The maximum Gasteiger partial charge on any atom is 0.223 e. The molecule has 1 saturated heterocycles. The molecule has 0 spiro atoms. The minimum Gasteiger partial charge on any atom is -0.497 e. The number of hydrogen-bond acceptors (Lipinski definition) is 5. The number of carbonyl (C=O) groups excluding carboxylic acids is 1. The summed E-state index contributed by atoms with van der Waals surface area (Å²) in [4.78, 5) is 25.9. The van der Waals surface area contributed by atoms with Crippen LogP contribution in [0.1, 0.15) is 12.0 Å². The van der Waals surface area contributed by atoms with Crippen molar-refractivity contribution in [1.82, 2.24) is 14.9 Å². The van der Waals surface area contributed by atoms with Crippen molar-refractivity contribution in [3.63, 3.8) is 0 Å². The number of carbonyl (C=O) groups is 1. The Morgan fingerprint density at radius 2 is 1.70 bits per heavy atom. The maximum absolute atomic E-state index is 12.6. The highest BCUT2D eigenvalue weighted by Gasteiger charge is 2.22. The molecule has 3 aromatic rings. The van der Waals surface area contributed by atoms with Crippen LogP contribution in [0.4, 0.5) is 5.82 Å². The highest BCUT2D eigenvalue weighted by Crippen LogP contribution is 2.20. The average molecular weight is 402 g/mol. The zero-order chi connectivity index (χ0) is 20.8. The zero-order valence-electron chi connectivity index (χ0n) is 17.2. The lowest BCUT2D eigenvalue weighted by molar-refractivity contribution is -0.131. The van der Waals surface area contributed by atoms with Crippen molar-refractivity contribution in [3.05, 3.63) is 72.4 Å². The fraction of sp³-hybridized carbons (Fsp3) is 0.292. The number of aryl methyl sites for hydroxylation is 1. The first-order valence-electron chi connectivity index (χ1n) is 10.3. The summed E-state index contributed by atoms with van der Waals surface area (Å²) in [5.41, 5.74) is 2.16. The molecule has 2 aromatic carbocycles. The van der Waals surface area contributed by atoms with Crippen molar-refractivity contribution < 1.29 is 9.53 Å². The Hall–Kier alpha value is -3.41. The summed E-state index contributed by atoms with van der Waals surface area (Å²) < 4.78 is 5.18. The second kappa shape index (κ2) is 9.39. The fourth-order valence-corrected chi connectivity index (χ4v) is 3.64. The summed E-state index contributed by atoms with van der Waals surface area (Å²) in [5, 5.41) is 0. The van der Waals surface area contributed by atoms with Gasteiger partial charge in [-0.1, -0.05) is 42.5 Å². The molecule has 1 aliphatic rings. The van der Waals surface area contributed by atoms with Gasteiger partial charge in [-0.25, -0.2) is 9.97 Å². The molecular formula is C24H26N4O2. The van der Waals surface area contributed by atoms with Crippen LogP contribution in [0.25, 0.3) is 11.4 Å². The van der Waals surface area contributed by atoms with Crippen LogP contribution in [0, 0.1) is 0 Å². The number of benzene rings is 2. The van der Waals surface area contributed by atoms with E-state index in [0.29, 0.717) is 19.5 Å². The van der Waals surface area contributed by atoms with Gasteiger partial charge >= 0.3 is 0 Å². The molecule has 1 aliphatic heterocycles. The number of ether oxygens (including phenoxy) is 1. The molecule has 0 radical (unpaired) electrons. The Kier molecular flexibility index (Phi) is 6.23. The molecule has 0 aliphatic carbocycles. The van der Waals surface area contributed by atoms with Crippen LogP contribution < -0.4 is 9.64 Å². The Morgan fingerprint density at radius 1 is 0.967 bits per heavy atom. The Balaban J connectivity index is 1.30. The van der Waals surface area contributed by atoms with E-state index in [-0.39, 0.29) is 5.91 Å². The summed E-state index contributed by atoms with van der Waals surface area (Å²) >= 11 is 0. The van der Waals surface area contributed by atoms with E-state index in [2.05, 4.69) is 9.88 Å². The highest BCUT2D eigenvalue weighted by molar-refractivity contribution is 5.76. The summed E-state index contributed by atoms with van der Waals surface area (Å²) in [5.74, 6) is 2.68. The van der Waals surface area contributed by atoms with Crippen LogP contribution in [-0.4, -0.2) is 54.1 Å². The number of nitrogens with zero attached hydrogens (tertiary/aromatic N) is 4. The molecule has 6 nitrogen and oxygen atoms in total. The molecule has 1 aromatic heterocycles. The molecule has 0 unspecified atom stereocenters. The molecule has 154 valence electrons. The van der Waals surface area contributed by atoms with Crippen LogP contribution in [0.3, 0.4) is 0 Å². The van der Waals surface area contributed by atoms with Gasteiger partial charge in [0.1, 0.15) is 11.6 Å². The molecule has 6 heteroatoms. The summed E-state index contributed by atoms with van der Waals surface area (Å²) in [6, 6.07) is 19.8. The van der Waals surface area contributed by atoms with Gasteiger partial charge < -0.3 is 14.5 Å². The summed E-state index contributed by atoms with van der Waals surface area (Å²) in [6.45, 7) is 2.98. The fourth-order valence-electron chi connectivity index (χ4n) is 3.64. The molecule has 30 heavy (non-hydrogen) atoms. The number of hydrogen-bond donors (Lipinski definition) is 0. The van der Waals surface area contributed by atoms with E-state index in [1.165, 1.54) is 0 Å². The predicted molar refractivity (Wildman–Crippen MR) is 118 cm³/mol. The van der Waals surface area contributed by atoms with Crippen LogP contribution in [0.2, 0.25) is 0 Å². The molecule has 4 rings (SSSR count). The van der Waals surface area contributed by atoms with E-state index in [4.69, 9.17) is 9.72 Å². The molecular weight excluding hydrogens is 376 g/mol. The number of piperazine rings is 1. The van der Waals surface area contributed by atoms with Gasteiger partial charge in [0, 0.05) is 44.4 Å². The number of amides is 1. The first-order valence-corrected chi connectivity index (χ1v) is 10.3. The molecule has 0 N–H and O–H groups in total.